The fourth-order valence-electron chi connectivity index (χ4n) is 2.14. The van der Waals surface area contributed by atoms with Crippen LogP contribution in [0.3, 0.4) is 0 Å². The molecule has 1 saturated heterocycles. The zero-order chi connectivity index (χ0) is 11.4. The molecule has 0 atom stereocenters. The molecule has 1 aliphatic heterocycles. The summed E-state index contributed by atoms with van der Waals surface area (Å²) in [5.74, 6) is 0.539. The Kier molecular flexibility index (Phi) is 4.02. The second kappa shape index (κ2) is 5.51. The third-order valence-electron chi connectivity index (χ3n) is 3.18. The highest BCUT2D eigenvalue weighted by Crippen LogP contribution is 2.22. The molecule has 0 aliphatic carbocycles. The molecule has 3 nitrogen and oxygen atoms in total. The molecule has 1 aromatic heterocycles. The summed E-state index contributed by atoms with van der Waals surface area (Å²) in [5.41, 5.74) is 2.38. The molecule has 1 fully saturated rings. The van der Waals surface area contributed by atoms with E-state index in [1.165, 1.54) is 5.69 Å². The first-order valence-corrected chi connectivity index (χ1v) is 6.34. The minimum Gasteiger partial charge on any atom is -0.369 e. The van der Waals surface area contributed by atoms with Gasteiger partial charge in [0.2, 0.25) is 0 Å². The Hall–Kier alpha value is -0.800. The van der Waals surface area contributed by atoms with Crippen molar-refractivity contribution < 1.29 is 0 Å². The minimum atomic E-state index is 0.539. The lowest BCUT2D eigenvalue weighted by Gasteiger charge is -2.36. The van der Waals surface area contributed by atoms with Crippen molar-refractivity contribution in [2.45, 2.75) is 12.8 Å². The van der Waals surface area contributed by atoms with Gasteiger partial charge in [0, 0.05) is 49.8 Å². The molecule has 0 radical (unpaired) electrons. The van der Waals surface area contributed by atoms with Gasteiger partial charge >= 0.3 is 0 Å². The lowest BCUT2D eigenvalue weighted by molar-refractivity contribution is 0.271. The maximum absolute atomic E-state index is 5.93. The van der Waals surface area contributed by atoms with Crippen LogP contribution in [-0.2, 0) is 5.88 Å². The van der Waals surface area contributed by atoms with E-state index in [1.807, 2.05) is 12.4 Å². The molecule has 0 N–H and O–H groups in total. The number of alkyl halides is 1. The normalized spacial score (nSPS) is 17.8. The van der Waals surface area contributed by atoms with Crippen molar-refractivity contribution in [2.24, 2.45) is 0 Å². The van der Waals surface area contributed by atoms with Crippen LogP contribution in [0.1, 0.15) is 12.5 Å². The second-order valence-electron chi connectivity index (χ2n) is 4.06. The van der Waals surface area contributed by atoms with Gasteiger partial charge in [-0.3, -0.25) is 4.98 Å². The molecule has 0 aromatic carbocycles. The molecule has 0 amide bonds. The Morgan fingerprint density at radius 1 is 1.31 bits per heavy atom. The molecule has 1 aromatic rings. The van der Waals surface area contributed by atoms with Crippen LogP contribution in [0.4, 0.5) is 5.69 Å². The van der Waals surface area contributed by atoms with Crippen molar-refractivity contribution in [1.82, 2.24) is 9.88 Å². The van der Waals surface area contributed by atoms with Crippen LogP contribution in [0, 0.1) is 0 Å². The Morgan fingerprint density at radius 3 is 2.69 bits per heavy atom. The summed E-state index contributed by atoms with van der Waals surface area (Å²) in [6.07, 6.45) is 3.71. The van der Waals surface area contributed by atoms with Crippen molar-refractivity contribution in [1.29, 1.82) is 0 Å². The topological polar surface area (TPSA) is 19.4 Å². The first kappa shape index (κ1) is 11.7. The highest BCUT2D eigenvalue weighted by Gasteiger charge is 2.17. The molecule has 0 unspecified atom stereocenters. The van der Waals surface area contributed by atoms with E-state index >= 15 is 0 Å². The minimum absolute atomic E-state index is 0.539. The second-order valence-corrected chi connectivity index (χ2v) is 4.33. The lowest BCUT2D eigenvalue weighted by Crippen LogP contribution is -2.46. The molecule has 0 spiro atoms. The summed E-state index contributed by atoms with van der Waals surface area (Å²) >= 11 is 5.93. The van der Waals surface area contributed by atoms with E-state index in [2.05, 4.69) is 27.8 Å². The van der Waals surface area contributed by atoms with E-state index in [-0.39, 0.29) is 0 Å². The molecule has 1 aliphatic rings. The Morgan fingerprint density at radius 2 is 2.06 bits per heavy atom. The molecule has 0 saturated carbocycles. The van der Waals surface area contributed by atoms with Gasteiger partial charge < -0.3 is 9.80 Å². The number of anilines is 1. The van der Waals surface area contributed by atoms with Crippen LogP contribution in [0.15, 0.2) is 18.5 Å². The summed E-state index contributed by atoms with van der Waals surface area (Å²) in [4.78, 5) is 9.00. The Labute approximate surface area is 102 Å². The summed E-state index contributed by atoms with van der Waals surface area (Å²) in [6, 6.07) is 2.07. The van der Waals surface area contributed by atoms with Gasteiger partial charge in [0.1, 0.15) is 0 Å². The smallest absolute Gasteiger partial charge is 0.0509 e. The number of nitrogens with zero attached hydrogens (tertiary/aromatic N) is 3. The van der Waals surface area contributed by atoms with Crippen molar-refractivity contribution in [3.05, 3.63) is 24.0 Å². The zero-order valence-corrected chi connectivity index (χ0v) is 10.5. The molecular formula is C12H18ClN3. The largest absolute Gasteiger partial charge is 0.369 e. The average molecular weight is 240 g/mol. The van der Waals surface area contributed by atoms with E-state index in [1.54, 1.807) is 0 Å². The van der Waals surface area contributed by atoms with Crippen molar-refractivity contribution >= 4 is 17.3 Å². The van der Waals surface area contributed by atoms with Crippen LogP contribution in [0.25, 0.3) is 0 Å². The van der Waals surface area contributed by atoms with Crippen LogP contribution >= 0.6 is 11.6 Å². The predicted octanol–water partition coefficient (Wildman–Crippen LogP) is 1.96. The quantitative estimate of drug-likeness (QED) is 0.752. The average Bonchev–Trinajstić information content (AvgIpc) is 2.39. The number of piperazine rings is 1. The molecule has 2 heterocycles. The number of hydrogen-bond acceptors (Lipinski definition) is 3. The third-order valence-corrected chi connectivity index (χ3v) is 3.47. The van der Waals surface area contributed by atoms with Crippen LogP contribution < -0.4 is 4.90 Å². The zero-order valence-electron chi connectivity index (χ0n) is 9.69. The standard InChI is InChI=1S/C12H18ClN3/c1-2-15-5-7-16(8-6-15)12-3-4-14-10-11(12)9-13/h3-4,10H,2,5-9H2,1H3. The molecular weight excluding hydrogens is 222 g/mol. The monoisotopic (exact) mass is 239 g/mol. The van der Waals surface area contributed by atoms with Gasteiger partial charge in [-0.15, -0.1) is 11.6 Å². The van der Waals surface area contributed by atoms with Gasteiger partial charge in [-0.25, -0.2) is 0 Å². The lowest BCUT2D eigenvalue weighted by atomic mass is 10.2. The Bertz CT molecular complexity index is 335. The van der Waals surface area contributed by atoms with Crippen LogP contribution in [0.2, 0.25) is 0 Å². The van der Waals surface area contributed by atoms with Crippen molar-refractivity contribution in [2.75, 3.05) is 37.6 Å². The van der Waals surface area contributed by atoms with Gasteiger partial charge in [0.15, 0.2) is 0 Å². The first-order chi connectivity index (χ1) is 7.85. The maximum atomic E-state index is 5.93. The SMILES string of the molecule is CCN1CCN(c2ccncc2CCl)CC1. The van der Waals surface area contributed by atoms with E-state index in [9.17, 15) is 0 Å². The summed E-state index contributed by atoms with van der Waals surface area (Å²) in [7, 11) is 0. The molecule has 0 bridgehead atoms. The fourth-order valence-corrected chi connectivity index (χ4v) is 2.34. The van der Waals surface area contributed by atoms with Gasteiger partial charge in [-0.2, -0.15) is 0 Å². The highest BCUT2D eigenvalue weighted by atomic mass is 35.5. The number of hydrogen-bond donors (Lipinski definition) is 0. The van der Waals surface area contributed by atoms with E-state index in [0.29, 0.717) is 5.88 Å². The van der Waals surface area contributed by atoms with Gasteiger partial charge in [-0.05, 0) is 12.6 Å². The number of rotatable bonds is 3. The number of aromatic nitrogens is 1. The molecule has 2 rings (SSSR count). The number of halogens is 1. The van der Waals surface area contributed by atoms with Crippen LogP contribution in [-0.4, -0.2) is 42.6 Å². The van der Waals surface area contributed by atoms with E-state index in [4.69, 9.17) is 11.6 Å². The van der Waals surface area contributed by atoms with Gasteiger partial charge in [0.05, 0.1) is 5.88 Å². The molecule has 4 heteroatoms. The molecule has 16 heavy (non-hydrogen) atoms. The van der Waals surface area contributed by atoms with Crippen molar-refractivity contribution in [3.8, 4) is 0 Å². The third kappa shape index (κ3) is 2.47. The summed E-state index contributed by atoms with van der Waals surface area (Å²) in [5, 5.41) is 0. The van der Waals surface area contributed by atoms with Crippen molar-refractivity contribution in [3.63, 3.8) is 0 Å². The van der Waals surface area contributed by atoms with Gasteiger partial charge in [-0.1, -0.05) is 6.92 Å². The number of pyridine rings is 1. The fraction of sp³-hybridized carbons (Fsp3) is 0.583. The van der Waals surface area contributed by atoms with Crippen LogP contribution in [0.5, 0.6) is 0 Å². The van der Waals surface area contributed by atoms with E-state index in [0.717, 1.165) is 38.3 Å². The number of likely N-dealkylation sites (N-methyl/N-ethyl adjacent to an activating group) is 1. The van der Waals surface area contributed by atoms with E-state index < -0.39 is 0 Å². The Balaban J connectivity index is 2.07. The highest BCUT2D eigenvalue weighted by molar-refractivity contribution is 6.17. The van der Waals surface area contributed by atoms with Gasteiger partial charge in [0.25, 0.3) is 0 Å². The predicted molar refractivity (Wildman–Crippen MR) is 68.1 cm³/mol. The molecule has 88 valence electrons. The first-order valence-electron chi connectivity index (χ1n) is 5.81. The summed E-state index contributed by atoms with van der Waals surface area (Å²) < 4.78 is 0. The summed E-state index contributed by atoms with van der Waals surface area (Å²) in [6.45, 7) is 7.81. The maximum Gasteiger partial charge on any atom is 0.0509 e.